The molecule has 0 saturated heterocycles. The highest BCUT2D eigenvalue weighted by Gasteiger charge is 2.23. The number of carboxylic acids is 1. The number of thioether (sulfide) groups is 1. The Hall–Kier alpha value is -0.970. The van der Waals surface area contributed by atoms with Gasteiger partial charge in [-0.25, -0.2) is 4.98 Å². The molecule has 1 aromatic heterocycles. The third-order valence-electron chi connectivity index (χ3n) is 3.45. The number of carbonyl (C=O) groups is 1. The maximum absolute atomic E-state index is 10.7. The summed E-state index contributed by atoms with van der Waals surface area (Å²) in [5.41, 5.74) is 0.973. The monoisotopic (exact) mass is 268 g/mol. The van der Waals surface area contributed by atoms with E-state index in [-0.39, 0.29) is 5.75 Å². The van der Waals surface area contributed by atoms with Crippen molar-refractivity contribution in [2.75, 3.05) is 5.75 Å². The van der Waals surface area contributed by atoms with Crippen molar-refractivity contribution >= 4 is 17.7 Å². The summed E-state index contributed by atoms with van der Waals surface area (Å²) in [5, 5.41) is 9.62. The first-order valence-corrected chi connectivity index (χ1v) is 7.45. The Morgan fingerprint density at radius 2 is 2.39 bits per heavy atom. The molecule has 100 valence electrons. The fraction of sp³-hybridized carbons (Fsp3) is 0.692. The third-order valence-corrected chi connectivity index (χ3v) is 4.40. The van der Waals surface area contributed by atoms with E-state index in [0.29, 0.717) is 6.04 Å². The van der Waals surface area contributed by atoms with Gasteiger partial charge in [-0.2, -0.15) is 0 Å². The van der Waals surface area contributed by atoms with E-state index in [1.807, 2.05) is 6.92 Å². The maximum Gasteiger partial charge on any atom is 0.313 e. The smallest absolute Gasteiger partial charge is 0.313 e. The van der Waals surface area contributed by atoms with Crippen LogP contribution in [0, 0.1) is 12.8 Å². The van der Waals surface area contributed by atoms with Gasteiger partial charge in [-0.15, -0.1) is 0 Å². The standard InChI is InChI=1S/C13H20N2O2S/c1-9-4-3-5-11(6-9)15-7-10(2)14-13(15)18-8-12(16)17/h7,9,11H,3-6,8H2,1-2H3,(H,16,17). The molecule has 1 aromatic rings. The van der Waals surface area contributed by atoms with Crippen LogP contribution >= 0.6 is 11.8 Å². The Kier molecular flexibility index (Phi) is 4.32. The van der Waals surface area contributed by atoms with Crippen LogP contribution in [0.5, 0.6) is 0 Å². The molecule has 0 aliphatic heterocycles. The minimum absolute atomic E-state index is 0.0821. The van der Waals surface area contributed by atoms with Crippen molar-refractivity contribution in [2.24, 2.45) is 5.92 Å². The predicted molar refractivity (Wildman–Crippen MR) is 72.0 cm³/mol. The number of rotatable bonds is 4. The van der Waals surface area contributed by atoms with Crippen molar-refractivity contribution in [3.8, 4) is 0 Å². The van der Waals surface area contributed by atoms with Gasteiger partial charge in [0, 0.05) is 12.2 Å². The van der Waals surface area contributed by atoms with Gasteiger partial charge in [-0.3, -0.25) is 4.79 Å². The van der Waals surface area contributed by atoms with Gasteiger partial charge in [0.05, 0.1) is 11.4 Å². The molecular formula is C13H20N2O2S. The molecule has 1 heterocycles. The van der Waals surface area contributed by atoms with E-state index in [0.717, 1.165) is 16.8 Å². The molecule has 0 aromatic carbocycles. The number of aliphatic carboxylic acids is 1. The fourth-order valence-corrected chi connectivity index (χ4v) is 3.46. The van der Waals surface area contributed by atoms with E-state index in [4.69, 9.17) is 5.11 Å². The number of carboxylic acid groups (broad SMARTS) is 1. The van der Waals surface area contributed by atoms with Crippen molar-refractivity contribution in [1.29, 1.82) is 0 Å². The van der Waals surface area contributed by atoms with Crippen LogP contribution in [0.3, 0.4) is 0 Å². The van der Waals surface area contributed by atoms with Gasteiger partial charge in [-0.1, -0.05) is 31.5 Å². The summed E-state index contributed by atoms with van der Waals surface area (Å²) >= 11 is 1.32. The van der Waals surface area contributed by atoms with E-state index in [2.05, 4.69) is 22.7 Å². The van der Waals surface area contributed by atoms with Gasteiger partial charge < -0.3 is 9.67 Å². The normalized spacial score (nSPS) is 24.1. The lowest BCUT2D eigenvalue weighted by Gasteiger charge is -2.28. The summed E-state index contributed by atoms with van der Waals surface area (Å²) in [6, 6.07) is 0.492. The van der Waals surface area contributed by atoms with Gasteiger partial charge >= 0.3 is 5.97 Å². The largest absolute Gasteiger partial charge is 0.481 e. The summed E-state index contributed by atoms with van der Waals surface area (Å²) in [7, 11) is 0. The molecule has 2 rings (SSSR count). The van der Waals surface area contributed by atoms with Crippen LogP contribution in [0.25, 0.3) is 0 Å². The van der Waals surface area contributed by atoms with Crippen LogP contribution in [0.15, 0.2) is 11.4 Å². The van der Waals surface area contributed by atoms with Crippen LogP contribution in [-0.4, -0.2) is 26.4 Å². The first-order chi connectivity index (χ1) is 8.56. The Morgan fingerprint density at radius 3 is 3.06 bits per heavy atom. The fourth-order valence-electron chi connectivity index (χ4n) is 2.64. The van der Waals surface area contributed by atoms with E-state index in [1.165, 1.54) is 37.4 Å². The molecule has 0 bridgehead atoms. The first-order valence-electron chi connectivity index (χ1n) is 6.46. The highest BCUT2D eigenvalue weighted by atomic mass is 32.2. The summed E-state index contributed by atoms with van der Waals surface area (Å²) in [4.78, 5) is 15.1. The SMILES string of the molecule is Cc1cn(C2CCCC(C)C2)c(SCC(=O)O)n1. The molecule has 18 heavy (non-hydrogen) atoms. The molecule has 0 amide bonds. The minimum Gasteiger partial charge on any atom is -0.481 e. The van der Waals surface area contributed by atoms with E-state index in [9.17, 15) is 4.79 Å². The summed E-state index contributed by atoms with van der Waals surface area (Å²) in [6.45, 7) is 4.26. The summed E-state index contributed by atoms with van der Waals surface area (Å²) in [5.74, 6) is 0.0478. The predicted octanol–water partition coefficient (Wildman–Crippen LogP) is 3.12. The second-order valence-electron chi connectivity index (χ2n) is 5.18. The lowest BCUT2D eigenvalue weighted by atomic mass is 9.87. The van der Waals surface area contributed by atoms with Gasteiger partial charge in [0.2, 0.25) is 0 Å². The van der Waals surface area contributed by atoms with Crippen molar-refractivity contribution in [3.05, 3.63) is 11.9 Å². The number of hydrogen-bond donors (Lipinski definition) is 1. The van der Waals surface area contributed by atoms with Crippen LogP contribution < -0.4 is 0 Å². The average molecular weight is 268 g/mol. The molecule has 4 nitrogen and oxygen atoms in total. The number of aromatic nitrogens is 2. The Morgan fingerprint density at radius 1 is 1.61 bits per heavy atom. The summed E-state index contributed by atoms with van der Waals surface area (Å²) in [6.07, 6.45) is 6.98. The zero-order chi connectivity index (χ0) is 13.1. The number of hydrogen-bond acceptors (Lipinski definition) is 3. The zero-order valence-corrected chi connectivity index (χ0v) is 11.7. The minimum atomic E-state index is -0.788. The van der Waals surface area contributed by atoms with E-state index in [1.54, 1.807) is 0 Å². The molecule has 1 fully saturated rings. The van der Waals surface area contributed by atoms with Crippen LogP contribution in [0.1, 0.15) is 44.3 Å². The van der Waals surface area contributed by atoms with Gasteiger partial charge in [0.15, 0.2) is 5.16 Å². The van der Waals surface area contributed by atoms with Crippen LogP contribution in [0.2, 0.25) is 0 Å². The Labute approximate surface area is 112 Å². The van der Waals surface area contributed by atoms with E-state index < -0.39 is 5.97 Å². The molecule has 1 saturated carbocycles. The highest BCUT2D eigenvalue weighted by molar-refractivity contribution is 7.99. The topological polar surface area (TPSA) is 55.1 Å². The highest BCUT2D eigenvalue weighted by Crippen LogP contribution is 2.35. The molecule has 5 heteroatoms. The molecule has 0 radical (unpaired) electrons. The average Bonchev–Trinajstić information content (AvgIpc) is 2.68. The molecule has 1 aliphatic rings. The number of nitrogens with zero attached hydrogens (tertiary/aromatic N) is 2. The maximum atomic E-state index is 10.7. The molecule has 1 aliphatic carbocycles. The van der Waals surface area contributed by atoms with Gasteiger partial charge in [0.1, 0.15) is 0 Å². The Bertz CT molecular complexity index is 431. The zero-order valence-electron chi connectivity index (χ0n) is 10.9. The quantitative estimate of drug-likeness (QED) is 0.852. The lowest BCUT2D eigenvalue weighted by molar-refractivity contribution is -0.133. The molecule has 2 atom stereocenters. The van der Waals surface area contributed by atoms with Crippen LogP contribution in [-0.2, 0) is 4.79 Å². The molecule has 2 unspecified atom stereocenters. The first kappa shape index (κ1) is 13.5. The Balaban J connectivity index is 2.13. The second kappa shape index (κ2) is 5.78. The molecule has 1 N–H and O–H groups in total. The number of aryl methyl sites for hydroxylation is 1. The lowest BCUT2D eigenvalue weighted by Crippen LogP contribution is -2.18. The van der Waals surface area contributed by atoms with Gasteiger partial charge in [0.25, 0.3) is 0 Å². The second-order valence-corrected chi connectivity index (χ2v) is 6.12. The van der Waals surface area contributed by atoms with Gasteiger partial charge in [-0.05, 0) is 25.7 Å². The van der Waals surface area contributed by atoms with Crippen LogP contribution in [0.4, 0.5) is 0 Å². The van der Waals surface area contributed by atoms with Crippen molar-refractivity contribution < 1.29 is 9.90 Å². The number of imidazole rings is 1. The third kappa shape index (κ3) is 3.28. The van der Waals surface area contributed by atoms with Crippen molar-refractivity contribution in [3.63, 3.8) is 0 Å². The molecule has 0 spiro atoms. The van der Waals surface area contributed by atoms with Crippen molar-refractivity contribution in [1.82, 2.24) is 9.55 Å². The van der Waals surface area contributed by atoms with E-state index >= 15 is 0 Å². The summed E-state index contributed by atoms with van der Waals surface area (Å²) < 4.78 is 2.19. The molecular weight excluding hydrogens is 248 g/mol. The van der Waals surface area contributed by atoms with Crippen molar-refractivity contribution in [2.45, 2.75) is 50.7 Å².